The van der Waals surface area contributed by atoms with E-state index in [4.69, 9.17) is 5.11 Å². The maximum atomic E-state index is 10.8. The van der Waals surface area contributed by atoms with Crippen molar-refractivity contribution < 1.29 is 9.90 Å². The van der Waals surface area contributed by atoms with Gasteiger partial charge in [-0.25, -0.2) is 0 Å². The van der Waals surface area contributed by atoms with E-state index in [-0.39, 0.29) is 6.61 Å². The van der Waals surface area contributed by atoms with E-state index in [9.17, 15) is 4.79 Å². The third kappa shape index (κ3) is 15.8. The maximum absolute atomic E-state index is 10.8. The van der Waals surface area contributed by atoms with Gasteiger partial charge in [-0.15, -0.1) is 0 Å². The van der Waals surface area contributed by atoms with Crippen molar-refractivity contribution in [2.45, 2.75) is 84.5 Å². The molecule has 0 saturated heterocycles. The van der Waals surface area contributed by atoms with Gasteiger partial charge in [-0.2, -0.15) is 0 Å². The molecule has 0 spiro atoms. The van der Waals surface area contributed by atoms with E-state index >= 15 is 0 Å². The lowest BCUT2D eigenvalue weighted by molar-refractivity contribution is -0.117. The molecule has 0 aliphatic carbocycles. The van der Waals surface area contributed by atoms with E-state index in [0.29, 0.717) is 5.78 Å². The lowest BCUT2D eigenvalue weighted by Gasteiger charge is -2.21. The van der Waals surface area contributed by atoms with E-state index in [2.05, 4.69) is 11.8 Å². The van der Waals surface area contributed by atoms with E-state index in [0.717, 1.165) is 32.5 Å². The van der Waals surface area contributed by atoms with Crippen LogP contribution in [0, 0.1) is 0 Å². The molecule has 0 unspecified atom stereocenters. The molecule has 1 N–H and O–H groups in total. The molecule has 3 heteroatoms. The summed E-state index contributed by atoms with van der Waals surface area (Å²) in [6, 6.07) is 0. The van der Waals surface area contributed by atoms with Gasteiger partial charge in [0, 0.05) is 13.0 Å². The summed E-state index contributed by atoms with van der Waals surface area (Å²) in [5.41, 5.74) is 0. The van der Waals surface area contributed by atoms with Crippen LogP contribution in [-0.4, -0.2) is 42.0 Å². The normalized spacial score (nSPS) is 11.2. The van der Waals surface area contributed by atoms with Crippen LogP contribution >= 0.6 is 0 Å². The van der Waals surface area contributed by atoms with Crippen LogP contribution in [0.2, 0.25) is 0 Å². The van der Waals surface area contributed by atoms with Crippen molar-refractivity contribution in [1.29, 1.82) is 0 Å². The third-order valence-electron chi connectivity index (χ3n) is 4.00. The van der Waals surface area contributed by atoms with Crippen LogP contribution in [0.3, 0.4) is 0 Å². The second kappa shape index (κ2) is 16.0. The Morgan fingerprint density at radius 3 is 1.86 bits per heavy atom. The van der Waals surface area contributed by atoms with Gasteiger partial charge in [-0.3, -0.25) is 0 Å². The summed E-state index contributed by atoms with van der Waals surface area (Å²) in [5, 5.41) is 9.13. The first-order chi connectivity index (χ1) is 10.2. The fraction of sp³-hybridized carbons (Fsp3) is 0.944. The van der Waals surface area contributed by atoms with Gasteiger partial charge in [-0.1, -0.05) is 51.9 Å². The van der Waals surface area contributed by atoms with Crippen molar-refractivity contribution in [2.75, 3.05) is 26.2 Å². The lowest BCUT2D eigenvalue weighted by Crippen LogP contribution is -2.29. The van der Waals surface area contributed by atoms with Crippen LogP contribution < -0.4 is 0 Å². The minimum absolute atomic E-state index is 0.271. The number of ketones is 1. The van der Waals surface area contributed by atoms with Gasteiger partial charge in [0.1, 0.15) is 5.78 Å². The average Bonchev–Trinajstić information content (AvgIpc) is 2.45. The Morgan fingerprint density at radius 1 is 0.810 bits per heavy atom. The molecule has 0 rings (SSSR count). The predicted octanol–water partition coefficient (Wildman–Crippen LogP) is 4.18. The van der Waals surface area contributed by atoms with Crippen molar-refractivity contribution in [1.82, 2.24) is 4.90 Å². The first kappa shape index (κ1) is 20.6. The maximum Gasteiger partial charge on any atom is 0.129 e. The van der Waals surface area contributed by atoms with Gasteiger partial charge < -0.3 is 14.8 Å². The molecule has 0 bridgehead atoms. The van der Waals surface area contributed by atoms with Crippen LogP contribution in [0.1, 0.15) is 84.5 Å². The molecule has 0 aromatic carbocycles. The van der Waals surface area contributed by atoms with Gasteiger partial charge >= 0.3 is 0 Å². The second-order valence-corrected chi connectivity index (χ2v) is 6.20. The van der Waals surface area contributed by atoms with Gasteiger partial charge in [0.15, 0.2) is 0 Å². The Kier molecular flexibility index (Phi) is 15.7. The summed E-state index contributed by atoms with van der Waals surface area (Å²) in [4.78, 5) is 13.2. The molecular weight excluding hydrogens is 262 g/mol. The quantitative estimate of drug-likeness (QED) is 0.435. The van der Waals surface area contributed by atoms with Crippen molar-refractivity contribution in [3.63, 3.8) is 0 Å². The molecular formula is C18H37NO2. The Hall–Kier alpha value is -0.410. The summed E-state index contributed by atoms with van der Waals surface area (Å²) in [6.07, 6.45) is 13.2. The molecule has 0 aliphatic rings. The molecule has 0 aromatic heterocycles. The van der Waals surface area contributed by atoms with E-state index in [1.165, 1.54) is 57.8 Å². The molecule has 0 aliphatic heterocycles. The van der Waals surface area contributed by atoms with Crippen molar-refractivity contribution in [3.05, 3.63) is 0 Å². The minimum atomic E-state index is 0.271. The number of nitrogens with zero attached hydrogens (tertiary/aromatic N) is 1. The largest absolute Gasteiger partial charge is 0.395 e. The van der Waals surface area contributed by atoms with Gasteiger partial charge in [-0.05, 0) is 39.3 Å². The highest BCUT2D eigenvalue weighted by Gasteiger charge is 2.03. The summed E-state index contributed by atoms with van der Waals surface area (Å²) < 4.78 is 0. The first-order valence-electron chi connectivity index (χ1n) is 9.03. The molecule has 0 amide bonds. The lowest BCUT2D eigenvalue weighted by atomic mass is 10.1. The number of rotatable bonds is 16. The number of Topliss-reactive ketones (excluding diaryl/α,β-unsaturated/α-hetero) is 1. The van der Waals surface area contributed by atoms with E-state index in [1.807, 2.05) is 0 Å². The molecule has 0 heterocycles. The molecule has 0 radical (unpaired) electrons. The Morgan fingerprint density at radius 2 is 1.33 bits per heavy atom. The highest BCUT2D eigenvalue weighted by molar-refractivity contribution is 5.75. The number of hydrogen-bond donors (Lipinski definition) is 1. The SMILES string of the molecule is CCCCCCCN(CCO)CCCCCCCC(C)=O. The minimum Gasteiger partial charge on any atom is -0.395 e. The predicted molar refractivity (Wildman–Crippen MR) is 90.7 cm³/mol. The van der Waals surface area contributed by atoms with Crippen molar-refractivity contribution >= 4 is 5.78 Å². The Balaban J connectivity index is 3.48. The van der Waals surface area contributed by atoms with Crippen LogP contribution in [0.4, 0.5) is 0 Å². The zero-order valence-electron chi connectivity index (χ0n) is 14.4. The fourth-order valence-electron chi connectivity index (χ4n) is 2.66. The topological polar surface area (TPSA) is 40.5 Å². The second-order valence-electron chi connectivity index (χ2n) is 6.20. The molecule has 3 nitrogen and oxygen atoms in total. The van der Waals surface area contributed by atoms with E-state index < -0.39 is 0 Å². The average molecular weight is 299 g/mol. The summed E-state index contributed by atoms with van der Waals surface area (Å²) >= 11 is 0. The number of aliphatic hydroxyl groups excluding tert-OH is 1. The van der Waals surface area contributed by atoms with Crippen LogP contribution in [0.5, 0.6) is 0 Å². The molecule has 0 fully saturated rings. The highest BCUT2D eigenvalue weighted by Crippen LogP contribution is 2.08. The van der Waals surface area contributed by atoms with Gasteiger partial charge in [0.05, 0.1) is 6.61 Å². The molecule has 126 valence electrons. The fourth-order valence-corrected chi connectivity index (χ4v) is 2.66. The van der Waals surface area contributed by atoms with Crippen molar-refractivity contribution in [3.8, 4) is 0 Å². The zero-order chi connectivity index (χ0) is 15.8. The number of aliphatic hydroxyl groups is 1. The summed E-state index contributed by atoms with van der Waals surface area (Å²) in [6.45, 7) is 7.25. The standard InChI is InChI=1S/C18H37NO2/c1-3-4-5-8-11-14-19(16-17-20)15-12-9-6-7-10-13-18(2)21/h20H,3-17H2,1-2H3. The van der Waals surface area contributed by atoms with Crippen molar-refractivity contribution in [2.24, 2.45) is 0 Å². The first-order valence-corrected chi connectivity index (χ1v) is 9.03. The Labute approximate surface area is 132 Å². The number of carbonyl (C=O) groups excluding carboxylic acids is 1. The Bertz CT molecular complexity index is 231. The highest BCUT2D eigenvalue weighted by atomic mass is 16.3. The number of hydrogen-bond acceptors (Lipinski definition) is 3. The number of unbranched alkanes of at least 4 members (excludes halogenated alkanes) is 8. The third-order valence-corrected chi connectivity index (χ3v) is 4.00. The van der Waals surface area contributed by atoms with Crippen LogP contribution in [-0.2, 0) is 4.79 Å². The smallest absolute Gasteiger partial charge is 0.129 e. The molecule has 0 atom stereocenters. The van der Waals surface area contributed by atoms with Gasteiger partial charge in [0.25, 0.3) is 0 Å². The van der Waals surface area contributed by atoms with E-state index in [1.54, 1.807) is 6.92 Å². The van der Waals surface area contributed by atoms with Gasteiger partial charge in [0.2, 0.25) is 0 Å². The molecule has 0 saturated carbocycles. The summed E-state index contributed by atoms with van der Waals surface area (Å²) in [7, 11) is 0. The molecule has 21 heavy (non-hydrogen) atoms. The zero-order valence-corrected chi connectivity index (χ0v) is 14.4. The molecule has 0 aromatic rings. The monoisotopic (exact) mass is 299 g/mol. The number of carbonyl (C=O) groups is 1. The summed E-state index contributed by atoms with van der Waals surface area (Å²) in [5.74, 6) is 0.312. The van der Waals surface area contributed by atoms with Crippen LogP contribution in [0.25, 0.3) is 0 Å². The van der Waals surface area contributed by atoms with Crippen LogP contribution in [0.15, 0.2) is 0 Å².